The number of nitrogens with one attached hydrogen (secondary N) is 1. The second kappa shape index (κ2) is 6.56. The number of hydrogen-bond donors (Lipinski definition) is 1. The van der Waals surface area contributed by atoms with Gasteiger partial charge in [0, 0.05) is 32.7 Å². The highest BCUT2D eigenvalue weighted by Crippen LogP contribution is 2.23. The maximum atomic E-state index is 12.4. The van der Waals surface area contributed by atoms with E-state index in [1.54, 1.807) is 11.4 Å². The Morgan fingerprint density at radius 3 is 2.40 bits per heavy atom. The van der Waals surface area contributed by atoms with Crippen LogP contribution in [0.1, 0.15) is 32.6 Å². The molecule has 0 spiro atoms. The highest BCUT2D eigenvalue weighted by atomic mass is 32.2. The molecule has 1 aliphatic heterocycles. The van der Waals surface area contributed by atoms with E-state index in [-0.39, 0.29) is 0 Å². The number of piperidine rings is 1. The van der Waals surface area contributed by atoms with Gasteiger partial charge in [0.05, 0.1) is 0 Å². The number of rotatable bonds is 7. The molecule has 5 nitrogen and oxygen atoms in total. The van der Waals surface area contributed by atoms with E-state index in [2.05, 4.69) is 11.9 Å². The average Bonchev–Trinajstić information content (AvgIpc) is 3.20. The fourth-order valence-electron chi connectivity index (χ4n) is 2.62. The van der Waals surface area contributed by atoms with Gasteiger partial charge in [0.25, 0.3) is 10.2 Å². The zero-order valence-corrected chi connectivity index (χ0v) is 13.5. The SMILES string of the molecule is C=C(C)CN(C)S(=O)(=O)N1CCC(CNC2CC2)CC1. The fraction of sp³-hybridized carbons (Fsp3) is 0.857. The third-order valence-electron chi connectivity index (χ3n) is 4.06. The van der Waals surface area contributed by atoms with Gasteiger partial charge in [-0.3, -0.25) is 0 Å². The van der Waals surface area contributed by atoms with Crippen LogP contribution in [-0.2, 0) is 10.2 Å². The molecule has 1 saturated carbocycles. The van der Waals surface area contributed by atoms with Gasteiger partial charge in [-0.05, 0) is 45.1 Å². The minimum Gasteiger partial charge on any atom is -0.314 e. The monoisotopic (exact) mass is 301 g/mol. The summed E-state index contributed by atoms with van der Waals surface area (Å²) in [4.78, 5) is 0. The summed E-state index contributed by atoms with van der Waals surface area (Å²) in [5, 5.41) is 3.54. The quantitative estimate of drug-likeness (QED) is 0.719. The first-order chi connectivity index (χ1) is 9.39. The molecule has 1 saturated heterocycles. The van der Waals surface area contributed by atoms with Crippen molar-refractivity contribution in [2.24, 2.45) is 5.92 Å². The summed E-state index contributed by atoms with van der Waals surface area (Å²) in [5.41, 5.74) is 0.861. The maximum Gasteiger partial charge on any atom is 0.282 e. The molecule has 6 heteroatoms. The highest BCUT2D eigenvalue weighted by Gasteiger charge is 2.31. The summed E-state index contributed by atoms with van der Waals surface area (Å²) in [7, 11) is -1.68. The summed E-state index contributed by atoms with van der Waals surface area (Å²) in [6, 6.07) is 0.735. The zero-order valence-electron chi connectivity index (χ0n) is 12.6. The lowest BCUT2D eigenvalue weighted by molar-refractivity contribution is 0.255. The maximum absolute atomic E-state index is 12.4. The van der Waals surface area contributed by atoms with Crippen molar-refractivity contribution in [1.29, 1.82) is 0 Å². The molecule has 0 atom stereocenters. The Morgan fingerprint density at radius 2 is 1.90 bits per heavy atom. The van der Waals surface area contributed by atoms with Gasteiger partial charge in [0.2, 0.25) is 0 Å². The van der Waals surface area contributed by atoms with Crippen LogP contribution in [0.15, 0.2) is 12.2 Å². The summed E-state index contributed by atoms with van der Waals surface area (Å²) in [5.74, 6) is 0.619. The Kier molecular flexibility index (Phi) is 5.23. The van der Waals surface area contributed by atoms with Crippen molar-refractivity contribution in [2.75, 3.05) is 33.2 Å². The third kappa shape index (κ3) is 4.28. The first-order valence-electron chi connectivity index (χ1n) is 7.48. The van der Waals surface area contributed by atoms with E-state index in [4.69, 9.17) is 0 Å². The van der Waals surface area contributed by atoms with Gasteiger partial charge < -0.3 is 5.32 Å². The second-order valence-electron chi connectivity index (χ2n) is 6.25. The minimum atomic E-state index is -3.31. The first-order valence-corrected chi connectivity index (χ1v) is 8.88. The van der Waals surface area contributed by atoms with Crippen LogP contribution in [0.2, 0.25) is 0 Å². The van der Waals surface area contributed by atoms with Crippen LogP contribution in [0.25, 0.3) is 0 Å². The van der Waals surface area contributed by atoms with Crippen LogP contribution in [0, 0.1) is 5.92 Å². The lowest BCUT2D eigenvalue weighted by atomic mass is 9.98. The van der Waals surface area contributed by atoms with Crippen molar-refractivity contribution < 1.29 is 8.42 Å². The molecule has 1 N–H and O–H groups in total. The Hall–Kier alpha value is -0.430. The Morgan fingerprint density at radius 1 is 1.30 bits per heavy atom. The van der Waals surface area contributed by atoms with E-state index in [9.17, 15) is 8.42 Å². The smallest absolute Gasteiger partial charge is 0.282 e. The topological polar surface area (TPSA) is 52.7 Å². The molecule has 0 bridgehead atoms. The first kappa shape index (κ1) is 15.9. The standard InChI is InChI=1S/C14H27N3O2S/c1-12(2)11-16(3)20(18,19)17-8-6-13(7-9-17)10-15-14-4-5-14/h13-15H,1,4-11H2,2-3H3. The predicted molar refractivity (Wildman–Crippen MR) is 81.7 cm³/mol. The third-order valence-corrected chi connectivity index (χ3v) is 5.99. The van der Waals surface area contributed by atoms with Crippen molar-refractivity contribution >= 4 is 10.2 Å². The van der Waals surface area contributed by atoms with Crippen molar-refractivity contribution in [3.05, 3.63) is 12.2 Å². The van der Waals surface area contributed by atoms with Crippen molar-refractivity contribution in [2.45, 2.75) is 38.6 Å². The van der Waals surface area contributed by atoms with Gasteiger partial charge in [-0.15, -0.1) is 0 Å². The molecule has 1 heterocycles. The lowest BCUT2D eigenvalue weighted by Crippen LogP contribution is -2.47. The second-order valence-corrected chi connectivity index (χ2v) is 8.28. The largest absolute Gasteiger partial charge is 0.314 e. The number of likely N-dealkylation sites (N-methyl/N-ethyl adjacent to an activating group) is 1. The fourth-order valence-corrected chi connectivity index (χ4v) is 4.07. The molecule has 20 heavy (non-hydrogen) atoms. The molecule has 0 unspecified atom stereocenters. The normalized spacial score (nSPS) is 22.4. The van der Waals surface area contributed by atoms with Gasteiger partial charge in [-0.2, -0.15) is 17.0 Å². The molecular weight excluding hydrogens is 274 g/mol. The molecule has 2 aliphatic rings. The van der Waals surface area contributed by atoms with Gasteiger partial charge in [0.1, 0.15) is 0 Å². The molecular formula is C14H27N3O2S. The highest BCUT2D eigenvalue weighted by molar-refractivity contribution is 7.86. The van der Waals surface area contributed by atoms with Crippen LogP contribution >= 0.6 is 0 Å². The average molecular weight is 301 g/mol. The summed E-state index contributed by atoms with van der Waals surface area (Å²) in [6.45, 7) is 8.34. The van der Waals surface area contributed by atoms with Crippen LogP contribution in [0.5, 0.6) is 0 Å². The Balaban J connectivity index is 1.80. The van der Waals surface area contributed by atoms with E-state index in [0.29, 0.717) is 25.6 Å². The number of nitrogens with zero attached hydrogens (tertiary/aromatic N) is 2. The van der Waals surface area contributed by atoms with E-state index < -0.39 is 10.2 Å². The summed E-state index contributed by atoms with van der Waals surface area (Å²) in [6.07, 6.45) is 4.53. The van der Waals surface area contributed by atoms with Crippen molar-refractivity contribution in [1.82, 2.24) is 13.9 Å². The molecule has 0 aromatic heterocycles. The van der Waals surface area contributed by atoms with Gasteiger partial charge in [-0.25, -0.2) is 0 Å². The molecule has 116 valence electrons. The zero-order chi connectivity index (χ0) is 14.8. The molecule has 0 amide bonds. The molecule has 0 aromatic rings. The van der Waals surface area contributed by atoms with Gasteiger partial charge >= 0.3 is 0 Å². The van der Waals surface area contributed by atoms with Gasteiger partial charge in [0.15, 0.2) is 0 Å². The van der Waals surface area contributed by atoms with Crippen LogP contribution in [0.3, 0.4) is 0 Å². The van der Waals surface area contributed by atoms with Crippen LogP contribution in [-0.4, -0.2) is 56.3 Å². The molecule has 0 radical (unpaired) electrons. The van der Waals surface area contributed by atoms with Crippen molar-refractivity contribution in [3.63, 3.8) is 0 Å². The van der Waals surface area contributed by atoms with E-state index in [1.807, 2.05) is 6.92 Å². The predicted octanol–water partition coefficient (Wildman–Crippen LogP) is 1.20. The Bertz CT molecular complexity index is 437. The van der Waals surface area contributed by atoms with E-state index in [0.717, 1.165) is 31.0 Å². The van der Waals surface area contributed by atoms with Crippen molar-refractivity contribution in [3.8, 4) is 0 Å². The summed E-state index contributed by atoms with van der Waals surface area (Å²) < 4.78 is 27.8. The minimum absolute atomic E-state index is 0.394. The van der Waals surface area contributed by atoms with Crippen LogP contribution < -0.4 is 5.32 Å². The van der Waals surface area contributed by atoms with Crippen LogP contribution in [0.4, 0.5) is 0 Å². The summed E-state index contributed by atoms with van der Waals surface area (Å²) >= 11 is 0. The molecule has 0 aromatic carbocycles. The lowest BCUT2D eigenvalue weighted by Gasteiger charge is -2.33. The molecule has 2 rings (SSSR count). The molecule has 2 fully saturated rings. The van der Waals surface area contributed by atoms with E-state index in [1.165, 1.54) is 17.1 Å². The van der Waals surface area contributed by atoms with E-state index >= 15 is 0 Å². The number of hydrogen-bond acceptors (Lipinski definition) is 3. The van der Waals surface area contributed by atoms with Gasteiger partial charge in [-0.1, -0.05) is 12.2 Å². The molecule has 1 aliphatic carbocycles. The Labute approximate surface area is 123 Å².